The highest BCUT2D eigenvalue weighted by Crippen LogP contribution is 2.40. The van der Waals surface area contributed by atoms with E-state index < -0.39 is 0 Å². The van der Waals surface area contributed by atoms with Crippen LogP contribution in [0, 0.1) is 0 Å². The average molecular weight is 669 g/mol. The summed E-state index contributed by atoms with van der Waals surface area (Å²) in [7, 11) is 0. The summed E-state index contributed by atoms with van der Waals surface area (Å²) in [4.78, 5) is 15.0. The fourth-order valence-electron chi connectivity index (χ4n) is 7.76. The lowest BCUT2D eigenvalue weighted by atomic mass is 9.94. The molecule has 0 bridgehead atoms. The molecule has 0 spiro atoms. The van der Waals surface area contributed by atoms with Gasteiger partial charge in [-0.15, -0.1) is 0 Å². The predicted octanol–water partition coefficient (Wildman–Crippen LogP) is 11.3. The Kier molecular flexibility index (Phi) is 6.21. The molecule has 244 valence electrons. The van der Waals surface area contributed by atoms with E-state index in [1.54, 1.807) is 0 Å². The quantitative estimate of drug-likeness (QED) is 0.202. The Morgan fingerprint density at radius 3 is 2.19 bits per heavy atom. The Morgan fingerprint density at radius 1 is 0.500 bits per heavy atom. The number of aromatic nitrogens is 1. The molecule has 4 heterocycles. The van der Waals surface area contributed by atoms with E-state index in [2.05, 4.69) is 113 Å². The van der Waals surface area contributed by atoms with Gasteiger partial charge in [-0.3, -0.25) is 0 Å². The van der Waals surface area contributed by atoms with Crippen LogP contribution >= 0.6 is 0 Å². The van der Waals surface area contributed by atoms with Gasteiger partial charge in [0, 0.05) is 33.5 Å². The summed E-state index contributed by atoms with van der Waals surface area (Å²) in [6.07, 6.45) is 1.51. The third-order valence-corrected chi connectivity index (χ3v) is 10.2. The Bertz CT molecular complexity index is 3120. The molecule has 6 heteroatoms. The van der Waals surface area contributed by atoms with Crippen molar-refractivity contribution in [1.82, 2.24) is 10.3 Å². The standard InChI is InChI=1S/C46H28N4O2/c1-2-10-27(11-3-1)43-48-44(50-45(49-43)36-17-9-19-39-41(36)35-15-6-7-18-38(35)51-39)31-20-21-32-30(24-31)14-8-16-33(32)34-22-23-47-46-42(34)37-25-28-12-4-5-13-29(28)26-40(37)52-46/h1-26,43H,(H,48,49,50). The maximum Gasteiger partial charge on any atom is 0.227 e. The van der Waals surface area contributed by atoms with E-state index in [1.165, 1.54) is 5.39 Å². The van der Waals surface area contributed by atoms with Crippen molar-refractivity contribution in [2.45, 2.75) is 6.17 Å². The molecule has 1 aliphatic heterocycles. The molecule has 1 N–H and O–H groups in total. The summed E-state index contributed by atoms with van der Waals surface area (Å²) < 4.78 is 12.6. The molecule has 0 fully saturated rings. The maximum atomic E-state index is 6.32. The van der Waals surface area contributed by atoms with Crippen molar-refractivity contribution in [1.29, 1.82) is 0 Å². The van der Waals surface area contributed by atoms with Crippen LogP contribution in [0.3, 0.4) is 0 Å². The van der Waals surface area contributed by atoms with Crippen molar-refractivity contribution < 1.29 is 8.83 Å². The second kappa shape index (κ2) is 11.2. The van der Waals surface area contributed by atoms with Crippen molar-refractivity contribution in [3.8, 4) is 11.1 Å². The van der Waals surface area contributed by atoms with Gasteiger partial charge in [0.05, 0.1) is 5.39 Å². The van der Waals surface area contributed by atoms with Crippen LogP contribution in [0.15, 0.2) is 177 Å². The van der Waals surface area contributed by atoms with Crippen molar-refractivity contribution in [2.24, 2.45) is 9.98 Å². The molecule has 1 aliphatic rings. The Balaban J connectivity index is 1.07. The van der Waals surface area contributed by atoms with E-state index in [4.69, 9.17) is 18.8 Å². The second-order valence-corrected chi connectivity index (χ2v) is 13.2. The van der Waals surface area contributed by atoms with E-state index in [-0.39, 0.29) is 6.17 Å². The van der Waals surface area contributed by atoms with Crippen molar-refractivity contribution in [3.05, 3.63) is 175 Å². The van der Waals surface area contributed by atoms with Gasteiger partial charge in [0.1, 0.15) is 28.8 Å². The van der Waals surface area contributed by atoms with Crippen LogP contribution in [0.1, 0.15) is 22.9 Å². The zero-order chi connectivity index (χ0) is 34.2. The smallest absolute Gasteiger partial charge is 0.227 e. The van der Waals surface area contributed by atoms with E-state index in [0.717, 1.165) is 88.1 Å². The number of rotatable bonds is 4. The first-order valence-electron chi connectivity index (χ1n) is 17.4. The van der Waals surface area contributed by atoms with Crippen LogP contribution in [-0.2, 0) is 0 Å². The first-order valence-corrected chi connectivity index (χ1v) is 17.4. The normalized spacial score (nSPS) is 14.7. The molecule has 0 aliphatic carbocycles. The number of para-hydroxylation sites is 1. The number of pyridine rings is 1. The van der Waals surface area contributed by atoms with Crippen molar-refractivity contribution >= 4 is 77.2 Å². The predicted molar refractivity (Wildman–Crippen MR) is 211 cm³/mol. The molecule has 0 radical (unpaired) electrons. The number of fused-ring (bicyclic) bond motifs is 8. The van der Waals surface area contributed by atoms with Gasteiger partial charge in [0.2, 0.25) is 5.71 Å². The molecule has 7 aromatic carbocycles. The lowest BCUT2D eigenvalue weighted by Gasteiger charge is -2.24. The number of nitrogens with one attached hydrogen (secondary N) is 1. The third-order valence-electron chi connectivity index (χ3n) is 10.2. The summed E-state index contributed by atoms with van der Waals surface area (Å²) in [5, 5.41) is 12.3. The first kappa shape index (κ1) is 28.8. The molecule has 1 atom stereocenters. The van der Waals surface area contributed by atoms with Crippen LogP contribution in [-0.4, -0.2) is 16.7 Å². The summed E-state index contributed by atoms with van der Waals surface area (Å²) >= 11 is 0. The van der Waals surface area contributed by atoms with Gasteiger partial charge in [0.15, 0.2) is 5.84 Å². The highest BCUT2D eigenvalue weighted by Gasteiger charge is 2.24. The number of benzene rings is 7. The minimum Gasteiger partial charge on any atom is -0.456 e. The van der Waals surface area contributed by atoms with E-state index >= 15 is 0 Å². The number of amidine groups is 2. The third kappa shape index (κ3) is 4.48. The Morgan fingerprint density at radius 2 is 1.27 bits per heavy atom. The SMILES string of the molecule is c1ccc(C2N=C(c3ccc4c(-c5ccnc6oc7cc8ccccc8cc7c56)cccc4c3)N=C(c3cccc4oc5ccccc5c34)N2)cc1. The summed E-state index contributed by atoms with van der Waals surface area (Å²) in [5.74, 6) is 1.42. The summed E-state index contributed by atoms with van der Waals surface area (Å²) in [6.45, 7) is 0. The number of furan rings is 2. The summed E-state index contributed by atoms with van der Waals surface area (Å²) in [6, 6.07) is 52.3. The lowest BCUT2D eigenvalue weighted by Crippen LogP contribution is -2.33. The molecule has 52 heavy (non-hydrogen) atoms. The van der Waals surface area contributed by atoms with Gasteiger partial charge in [-0.05, 0) is 74.6 Å². The monoisotopic (exact) mass is 668 g/mol. The molecule has 0 saturated heterocycles. The van der Waals surface area contributed by atoms with Gasteiger partial charge < -0.3 is 14.2 Å². The van der Waals surface area contributed by atoms with E-state index in [0.29, 0.717) is 11.5 Å². The summed E-state index contributed by atoms with van der Waals surface area (Å²) in [5.41, 5.74) is 8.31. The highest BCUT2D eigenvalue weighted by molar-refractivity contribution is 6.22. The molecule has 0 saturated carbocycles. The Labute approximate surface area is 297 Å². The van der Waals surface area contributed by atoms with Gasteiger partial charge >= 0.3 is 0 Å². The molecular formula is C46H28N4O2. The van der Waals surface area contributed by atoms with Crippen LogP contribution < -0.4 is 5.32 Å². The zero-order valence-electron chi connectivity index (χ0n) is 27.7. The molecular weight excluding hydrogens is 641 g/mol. The Hall–Kier alpha value is -7.05. The van der Waals surface area contributed by atoms with Crippen LogP contribution in [0.25, 0.3) is 76.7 Å². The lowest BCUT2D eigenvalue weighted by molar-refractivity contribution is 0.654. The number of hydrogen-bond acceptors (Lipinski definition) is 6. The molecule has 10 aromatic rings. The molecule has 6 nitrogen and oxygen atoms in total. The van der Waals surface area contributed by atoms with Gasteiger partial charge in [-0.2, -0.15) is 0 Å². The van der Waals surface area contributed by atoms with Crippen molar-refractivity contribution in [3.63, 3.8) is 0 Å². The minimum atomic E-state index is -0.324. The molecule has 1 unspecified atom stereocenters. The maximum absolute atomic E-state index is 6.32. The highest BCUT2D eigenvalue weighted by atomic mass is 16.3. The van der Waals surface area contributed by atoms with Crippen LogP contribution in [0.2, 0.25) is 0 Å². The van der Waals surface area contributed by atoms with Gasteiger partial charge in [-0.25, -0.2) is 15.0 Å². The first-order chi connectivity index (χ1) is 25.7. The van der Waals surface area contributed by atoms with E-state index in [1.807, 2.05) is 54.7 Å². The zero-order valence-corrected chi connectivity index (χ0v) is 27.7. The molecule has 11 rings (SSSR count). The number of nitrogens with zero attached hydrogens (tertiary/aromatic N) is 3. The number of aliphatic imine (C=N–C) groups is 2. The van der Waals surface area contributed by atoms with Crippen LogP contribution in [0.5, 0.6) is 0 Å². The number of hydrogen-bond donors (Lipinski definition) is 1. The second-order valence-electron chi connectivity index (χ2n) is 13.2. The minimum absolute atomic E-state index is 0.324. The molecule has 0 amide bonds. The topological polar surface area (TPSA) is 75.9 Å². The van der Waals surface area contributed by atoms with Gasteiger partial charge in [-0.1, -0.05) is 115 Å². The molecule has 3 aromatic heterocycles. The average Bonchev–Trinajstić information content (AvgIpc) is 3.77. The fourth-order valence-corrected chi connectivity index (χ4v) is 7.76. The van der Waals surface area contributed by atoms with Crippen LogP contribution in [0.4, 0.5) is 0 Å². The van der Waals surface area contributed by atoms with Crippen molar-refractivity contribution in [2.75, 3.05) is 0 Å². The van der Waals surface area contributed by atoms with E-state index in [9.17, 15) is 0 Å². The fraction of sp³-hybridized carbons (Fsp3) is 0.0217. The van der Waals surface area contributed by atoms with Gasteiger partial charge in [0.25, 0.3) is 0 Å². The largest absolute Gasteiger partial charge is 0.456 e.